The van der Waals surface area contributed by atoms with Gasteiger partial charge < -0.3 is 89.3 Å². The Morgan fingerprint density at radius 3 is 1.87 bits per heavy atom. The second-order valence-electron chi connectivity index (χ2n) is 13.1. The number of Topliss-reactive ketones (excluding diaryl/α,β-unsaturated/α-hetero) is 1. The van der Waals surface area contributed by atoms with E-state index in [1.54, 1.807) is 12.1 Å². The predicted molar refractivity (Wildman–Crippen MR) is 167 cm³/mol. The molecule has 0 aromatic heterocycles. The minimum absolute atomic E-state index is 0.0630. The van der Waals surface area contributed by atoms with E-state index in [9.17, 15) is 61.0 Å². The lowest BCUT2D eigenvalue weighted by Gasteiger charge is -2.42. The first-order valence-electron chi connectivity index (χ1n) is 16.5. The molecule has 2 aromatic carbocycles. The fourth-order valence-electron chi connectivity index (χ4n) is 6.36. The highest BCUT2D eigenvalue weighted by atomic mass is 16.7. The zero-order chi connectivity index (χ0) is 37.6. The van der Waals surface area contributed by atoms with Crippen LogP contribution in [-0.2, 0) is 18.9 Å². The number of hydrogen-bond donors (Lipinski definition) is 11. The number of carbonyl (C=O) groups excluding carboxylic acids is 1. The quantitative estimate of drug-likeness (QED) is 0.118. The van der Waals surface area contributed by atoms with E-state index in [0.717, 1.165) is 6.07 Å². The van der Waals surface area contributed by atoms with Gasteiger partial charge in [0.1, 0.15) is 102 Å². The summed E-state index contributed by atoms with van der Waals surface area (Å²) in [5, 5.41) is 112. The molecule has 0 spiro atoms. The van der Waals surface area contributed by atoms with Crippen molar-refractivity contribution in [3.05, 3.63) is 47.5 Å². The van der Waals surface area contributed by atoms with Crippen molar-refractivity contribution in [3.8, 4) is 23.0 Å². The lowest BCUT2D eigenvalue weighted by Crippen LogP contribution is -2.61. The summed E-state index contributed by atoms with van der Waals surface area (Å²) in [7, 11) is 0. The number of phenols is 1. The second kappa shape index (κ2) is 15.6. The summed E-state index contributed by atoms with van der Waals surface area (Å²) in [6.07, 6.45) is -23.6. The van der Waals surface area contributed by atoms with Crippen LogP contribution in [0.15, 0.2) is 36.4 Å². The van der Waals surface area contributed by atoms with Crippen LogP contribution in [-0.4, -0.2) is 167 Å². The van der Waals surface area contributed by atoms with Crippen LogP contribution in [0.3, 0.4) is 0 Å². The van der Waals surface area contributed by atoms with E-state index in [0.29, 0.717) is 5.56 Å². The highest BCUT2D eigenvalue weighted by Gasteiger charge is 2.48. The minimum Gasteiger partial charge on any atom is -0.507 e. The number of aliphatic hydroxyl groups excluding tert-OH is 10. The van der Waals surface area contributed by atoms with Crippen LogP contribution in [0.1, 0.15) is 35.4 Å². The van der Waals surface area contributed by atoms with Crippen molar-refractivity contribution in [2.24, 2.45) is 0 Å². The van der Waals surface area contributed by atoms with Gasteiger partial charge in [0.25, 0.3) is 0 Å². The first-order valence-corrected chi connectivity index (χ1v) is 16.5. The monoisotopic (exact) mass is 742 g/mol. The number of benzene rings is 2. The van der Waals surface area contributed by atoms with Crippen molar-refractivity contribution in [2.75, 3.05) is 13.2 Å². The Morgan fingerprint density at radius 2 is 1.23 bits per heavy atom. The van der Waals surface area contributed by atoms with Crippen molar-refractivity contribution in [1.82, 2.24) is 0 Å². The molecule has 2 aromatic rings. The smallest absolute Gasteiger partial charge is 0.229 e. The maximum atomic E-state index is 13.1. The van der Waals surface area contributed by atoms with Gasteiger partial charge in [0.05, 0.1) is 25.7 Å². The molecule has 16 atom stereocenters. The van der Waals surface area contributed by atoms with Crippen LogP contribution in [0.25, 0.3) is 0 Å². The largest absolute Gasteiger partial charge is 0.507 e. The summed E-state index contributed by atoms with van der Waals surface area (Å²) in [5.74, 6) is -0.988. The summed E-state index contributed by atoms with van der Waals surface area (Å²) < 4.78 is 39.2. The molecule has 0 bridgehead atoms. The Balaban J connectivity index is 1.10. The number of ketones is 1. The Kier molecular flexibility index (Phi) is 11.6. The average molecular weight is 743 g/mol. The SMILES string of the molecule is C[C@@H]1O[C@@H](OC[C@H]2O[C@@H](Oc3ccc(C4CC(=O)c5c(O)cc(O[C@@H]6O[C@H](CO)[C@@H](O)[C@H](O)[C@H]6O)cc5O4)cc3)[C@H](O)[C@@H](O)[C@@H]2O)[C@H](O)[C@H](O)[C@H]1O. The first kappa shape index (κ1) is 38.5. The summed E-state index contributed by atoms with van der Waals surface area (Å²) in [4.78, 5) is 13.1. The third-order valence-electron chi connectivity index (χ3n) is 9.48. The molecule has 4 heterocycles. The van der Waals surface area contributed by atoms with Crippen molar-refractivity contribution in [3.63, 3.8) is 0 Å². The molecule has 11 N–H and O–H groups in total. The molecule has 288 valence electrons. The van der Waals surface area contributed by atoms with E-state index in [1.165, 1.54) is 25.1 Å². The van der Waals surface area contributed by atoms with Gasteiger partial charge in [-0.1, -0.05) is 12.1 Å². The predicted octanol–water partition coefficient (Wildman–Crippen LogP) is -3.69. The molecule has 3 fully saturated rings. The molecule has 19 heteroatoms. The van der Waals surface area contributed by atoms with E-state index in [1.807, 2.05) is 0 Å². The fraction of sp³-hybridized carbons (Fsp3) is 0.606. The molecule has 0 radical (unpaired) electrons. The number of ether oxygens (including phenoxy) is 7. The Hall–Kier alpha value is -3.25. The summed E-state index contributed by atoms with van der Waals surface area (Å²) in [6, 6.07) is 8.40. The van der Waals surface area contributed by atoms with E-state index in [2.05, 4.69) is 0 Å². The Labute approximate surface area is 295 Å². The lowest BCUT2D eigenvalue weighted by atomic mass is 9.95. The maximum absolute atomic E-state index is 13.1. The number of aliphatic hydroxyl groups is 10. The van der Waals surface area contributed by atoms with Crippen LogP contribution in [0.5, 0.6) is 23.0 Å². The molecule has 0 saturated carbocycles. The fourth-order valence-corrected chi connectivity index (χ4v) is 6.36. The second-order valence-corrected chi connectivity index (χ2v) is 13.1. The standard InChI is InChI=1S/C33H42O19/c1-11-22(37)25(40)28(43)31(47-11)46-10-20-24(39)27(42)30(45)32(52-20)48-13-4-2-12(3-5-13)17-8-16(36)21-15(35)6-14(7-18(21)50-17)49-33-29(44)26(41)23(38)19(9-34)51-33/h2-7,11,17,19-20,22-35,37-45H,8-10H2,1H3/t11-,17?,19+,20+,22-,23+,24+,25+,26-,27-,28+,29+,30+,31+,32+,33+/m0/s1. The van der Waals surface area contributed by atoms with Crippen LogP contribution < -0.4 is 14.2 Å². The van der Waals surface area contributed by atoms with E-state index in [4.69, 9.17) is 33.2 Å². The van der Waals surface area contributed by atoms with Crippen molar-refractivity contribution < 1.29 is 94.1 Å². The van der Waals surface area contributed by atoms with Crippen molar-refractivity contribution in [2.45, 2.75) is 112 Å². The van der Waals surface area contributed by atoms with Gasteiger partial charge >= 0.3 is 0 Å². The van der Waals surface area contributed by atoms with Crippen molar-refractivity contribution in [1.29, 1.82) is 0 Å². The molecule has 4 aliphatic heterocycles. The van der Waals surface area contributed by atoms with E-state index in [-0.39, 0.29) is 29.2 Å². The average Bonchev–Trinajstić information content (AvgIpc) is 3.12. The lowest BCUT2D eigenvalue weighted by molar-refractivity contribution is -0.318. The number of carbonyl (C=O) groups is 1. The normalized spacial score (nSPS) is 40.8. The Morgan fingerprint density at radius 1 is 0.673 bits per heavy atom. The summed E-state index contributed by atoms with van der Waals surface area (Å²) >= 11 is 0. The Bertz CT molecular complexity index is 1540. The maximum Gasteiger partial charge on any atom is 0.229 e. The molecular weight excluding hydrogens is 700 g/mol. The summed E-state index contributed by atoms with van der Waals surface area (Å²) in [5.41, 5.74) is 0.374. The van der Waals surface area contributed by atoms with Crippen LogP contribution >= 0.6 is 0 Å². The van der Waals surface area contributed by atoms with Crippen LogP contribution in [0.2, 0.25) is 0 Å². The van der Waals surface area contributed by atoms with Crippen molar-refractivity contribution >= 4 is 5.78 Å². The van der Waals surface area contributed by atoms with Gasteiger partial charge in [-0.15, -0.1) is 0 Å². The van der Waals surface area contributed by atoms with Crippen LogP contribution in [0, 0.1) is 0 Å². The van der Waals surface area contributed by atoms with Gasteiger partial charge in [0, 0.05) is 12.1 Å². The van der Waals surface area contributed by atoms with Gasteiger partial charge in [-0.25, -0.2) is 0 Å². The van der Waals surface area contributed by atoms with Gasteiger partial charge in [-0.2, -0.15) is 0 Å². The zero-order valence-electron chi connectivity index (χ0n) is 27.5. The molecule has 52 heavy (non-hydrogen) atoms. The van der Waals surface area contributed by atoms with Crippen LogP contribution in [0.4, 0.5) is 0 Å². The highest BCUT2D eigenvalue weighted by molar-refractivity contribution is 6.02. The van der Waals surface area contributed by atoms with E-state index < -0.39 is 123 Å². The van der Waals surface area contributed by atoms with Gasteiger partial charge in [-0.05, 0) is 24.6 Å². The zero-order valence-corrected chi connectivity index (χ0v) is 27.5. The van der Waals surface area contributed by atoms with Gasteiger partial charge in [-0.3, -0.25) is 4.79 Å². The third-order valence-corrected chi connectivity index (χ3v) is 9.48. The molecule has 1 unspecified atom stereocenters. The third kappa shape index (κ3) is 7.56. The molecule has 0 amide bonds. The topological polar surface area (TPSA) is 304 Å². The van der Waals surface area contributed by atoms with Gasteiger partial charge in [0.2, 0.25) is 12.6 Å². The number of rotatable bonds is 9. The first-order chi connectivity index (χ1) is 24.7. The molecule has 6 rings (SSSR count). The molecule has 19 nitrogen and oxygen atoms in total. The highest BCUT2D eigenvalue weighted by Crippen LogP contribution is 2.43. The molecule has 3 saturated heterocycles. The number of phenolic OH excluding ortho intramolecular Hbond substituents is 1. The molecule has 0 aliphatic carbocycles. The number of fused-ring (bicyclic) bond motifs is 1. The minimum atomic E-state index is -1.73. The number of hydrogen-bond acceptors (Lipinski definition) is 19. The van der Waals surface area contributed by atoms with E-state index >= 15 is 0 Å². The summed E-state index contributed by atoms with van der Waals surface area (Å²) in [6.45, 7) is 0.306. The molecular formula is C33H42O19. The van der Waals surface area contributed by atoms with Gasteiger partial charge in [0.15, 0.2) is 12.1 Å². The number of aromatic hydroxyl groups is 1. The molecule has 4 aliphatic rings.